The molecule has 0 radical (unpaired) electrons. The van der Waals surface area contributed by atoms with Gasteiger partial charge in [-0.1, -0.05) is 12.1 Å². The van der Waals surface area contributed by atoms with Gasteiger partial charge in [0, 0.05) is 16.8 Å². The molecule has 0 fully saturated rings. The van der Waals surface area contributed by atoms with Crippen molar-refractivity contribution in [1.29, 1.82) is 0 Å². The highest BCUT2D eigenvalue weighted by molar-refractivity contribution is 7.20. The summed E-state index contributed by atoms with van der Waals surface area (Å²) in [7, 11) is 0. The summed E-state index contributed by atoms with van der Waals surface area (Å²) >= 11 is 1.56. The highest BCUT2D eigenvalue weighted by atomic mass is 32.1. The molecule has 0 amide bonds. The van der Waals surface area contributed by atoms with Crippen LogP contribution < -0.4 is 5.56 Å². The molecule has 0 aliphatic rings. The number of carboxylic acid groups (broad SMARTS) is 1. The fourth-order valence-electron chi connectivity index (χ4n) is 3.10. The van der Waals surface area contributed by atoms with Crippen molar-refractivity contribution in [3.05, 3.63) is 63.1 Å². The van der Waals surface area contributed by atoms with Gasteiger partial charge in [0.15, 0.2) is 0 Å². The van der Waals surface area contributed by atoms with Crippen molar-refractivity contribution in [3.63, 3.8) is 0 Å². The number of hydrogen-bond donors (Lipinski definition) is 1. The van der Waals surface area contributed by atoms with Crippen molar-refractivity contribution in [2.24, 2.45) is 0 Å². The molecule has 0 bridgehead atoms. The molecule has 4 rings (SSSR count). The molecule has 1 aromatic carbocycles. The van der Waals surface area contributed by atoms with Crippen LogP contribution in [0.25, 0.3) is 21.1 Å². The minimum atomic E-state index is -1.13. The Kier molecular flexibility index (Phi) is 3.84. The molecule has 6 nitrogen and oxygen atoms in total. The molecule has 0 aliphatic carbocycles. The number of hydrogen-bond acceptors (Lipinski definition) is 4. The van der Waals surface area contributed by atoms with Gasteiger partial charge in [-0.3, -0.25) is 9.59 Å². The van der Waals surface area contributed by atoms with Crippen molar-refractivity contribution in [1.82, 2.24) is 14.3 Å². The highest BCUT2D eigenvalue weighted by Gasteiger charge is 2.19. The Bertz CT molecular complexity index is 1200. The second kappa shape index (κ2) is 6.06. The molecule has 0 aliphatic heterocycles. The number of nitrogens with zero attached hydrogens (tertiary/aromatic N) is 3. The van der Waals surface area contributed by atoms with Gasteiger partial charge in [-0.2, -0.15) is 5.10 Å². The largest absolute Gasteiger partial charge is 0.480 e. The van der Waals surface area contributed by atoms with E-state index in [4.69, 9.17) is 5.11 Å². The fraction of sp³-hybridized carbons (Fsp3) is 0.167. The van der Waals surface area contributed by atoms with Crippen LogP contribution in [0.2, 0.25) is 0 Å². The molecule has 8 heteroatoms. The molecule has 0 atom stereocenters. The van der Waals surface area contributed by atoms with E-state index in [1.165, 1.54) is 12.1 Å². The zero-order valence-electron chi connectivity index (χ0n) is 13.8. The summed E-state index contributed by atoms with van der Waals surface area (Å²) in [5.41, 5.74) is 1.69. The molecule has 4 aromatic rings. The first-order chi connectivity index (χ1) is 12.4. The lowest BCUT2D eigenvalue weighted by Gasteiger charge is -2.08. The summed E-state index contributed by atoms with van der Waals surface area (Å²) in [6.45, 7) is 1.86. The van der Waals surface area contributed by atoms with Crippen molar-refractivity contribution < 1.29 is 14.3 Å². The molecule has 1 N–H and O–H groups in total. The van der Waals surface area contributed by atoms with Crippen molar-refractivity contribution in [3.8, 4) is 0 Å². The van der Waals surface area contributed by atoms with Crippen LogP contribution in [0, 0.1) is 12.7 Å². The first-order valence-corrected chi connectivity index (χ1v) is 8.70. The van der Waals surface area contributed by atoms with Crippen LogP contribution in [-0.4, -0.2) is 25.4 Å². The van der Waals surface area contributed by atoms with E-state index in [0.29, 0.717) is 17.4 Å². The Morgan fingerprint density at radius 1 is 1.31 bits per heavy atom. The first-order valence-electron chi connectivity index (χ1n) is 7.89. The number of carbonyl (C=O) groups is 1. The number of aryl methyl sites for hydroxylation is 1. The average molecular weight is 371 g/mol. The van der Waals surface area contributed by atoms with Gasteiger partial charge in [-0.25, -0.2) is 9.07 Å². The van der Waals surface area contributed by atoms with Crippen molar-refractivity contribution in [2.45, 2.75) is 20.0 Å². The lowest BCUT2D eigenvalue weighted by atomic mass is 10.2. The van der Waals surface area contributed by atoms with E-state index in [2.05, 4.69) is 5.10 Å². The van der Waals surface area contributed by atoms with Crippen molar-refractivity contribution >= 4 is 38.4 Å². The third kappa shape index (κ3) is 2.68. The lowest BCUT2D eigenvalue weighted by Crippen LogP contribution is -2.27. The lowest BCUT2D eigenvalue weighted by molar-refractivity contribution is -0.138. The van der Waals surface area contributed by atoms with E-state index in [1.807, 2.05) is 17.6 Å². The monoisotopic (exact) mass is 371 g/mol. The molecule has 0 saturated heterocycles. The molecule has 132 valence electrons. The fourth-order valence-corrected chi connectivity index (χ4v) is 4.12. The minimum absolute atomic E-state index is 0.323. The smallest absolute Gasteiger partial charge is 0.325 e. The Labute approximate surface area is 150 Å². The summed E-state index contributed by atoms with van der Waals surface area (Å²) in [6, 6.07) is 8.08. The molecule has 26 heavy (non-hydrogen) atoms. The predicted octanol–water partition coefficient (Wildman–Crippen LogP) is 2.99. The SMILES string of the molecule is Cc1cc2c(s1)c1cnn(CC(=O)O)c(=O)c1n2Cc1ccc(F)cc1. The van der Waals surface area contributed by atoms with Crippen LogP contribution in [-0.2, 0) is 17.9 Å². The number of thiophene rings is 1. The van der Waals surface area contributed by atoms with Gasteiger partial charge in [0.05, 0.1) is 16.4 Å². The topological polar surface area (TPSA) is 77.1 Å². The van der Waals surface area contributed by atoms with Gasteiger partial charge in [-0.05, 0) is 30.7 Å². The van der Waals surface area contributed by atoms with Crippen LogP contribution in [0.3, 0.4) is 0 Å². The highest BCUT2D eigenvalue weighted by Crippen LogP contribution is 2.34. The van der Waals surface area contributed by atoms with E-state index in [0.717, 1.165) is 25.3 Å². The number of fused-ring (bicyclic) bond motifs is 3. The molecular formula is C18H14FN3O3S. The normalized spacial score (nSPS) is 11.5. The van der Waals surface area contributed by atoms with Gasteiger partial charge in [-0.15, -0.1) is 11.3 Å². The van der Waals surface area contributed by atoms with Crippen molar-refractivity contribution in [2.75, 3.05) is 0 Å². The van der Waals surface area contributed by atoms with Crippen LogP contribution >= 0.6 is 11.3 Å². The number of rotatable bonds is 4. The second-order valence-corrected chi connectivity index (χ2v) is 7.30. The third-order valence-corrected chi connectivity index (χ3v) is 5.27. The van der Waals surface area contributed by atoms with E-state index < -0.39 is 18.1 Å². The first kappa shape index (κ1) is 16.5. The van der Waals surface area contributed by atoms with E-state index in [1.54, 1.807) is 29.7 Å². The summed E-state index contributed by atoms with van der Waals surface area (Å²) in [5.74, 6) is -1.45. The second-order valence-electron chi connectivity index (χ2n) is 6.05. The zero-order valence-corrected chi connectivity index (χ0v) is 14.6. The molecule has 3 heterocycles. The summed E-state index contributed by atoms with van der Waals surface area (Å²) < 4.78 is 16.9. The number of benzene rings is 1. The quantitative estimate of drug-likeness (QED) is 0.598. The minimum Gasteiger partial charge on any atom is -0.480 e. The number of halogens is 1. The van der Waals surface area contributed by atoms with E-state index in [-0.39, 0.29) is 5.82 Å². The van der Waals surface area contributed by atoms with Crippen LogP contribution in [0.4, 0.5) is 4.39 Å². The maximum atomic E-state index is 13.2. The summed E-state index contributed by atoms with van der Waals surface area (Å²) in [6.07, 6.45) is 1.54. The summed E-state index contributed by atoms with van der Waals surface area (Å²) in [4.78, 5) is 24.9. The Balaban J connectivity index is 1.98. The molecule has 0 spiro atoms. The van der Waals surface area contributed by atoms with Crippen LogP contribution in [0.15, 0.2) is 41.3 Å². The third-order valence-electron chi connectivity index (χ3n) is 4.20. The van der Waals surface area contributed by atoms with Gasteiger partial charge in [0.25, 0.3) is 5.56 Å². The maximum Gasteiger partial charge on any atom is 0.325 e. The van der Waals surface area contributed by atoms with Gasteiger partial charge >= 0.3 is 5.97 Å². The Hall–Kier alpha value is -3.00. The van der Waals surface area contributed by atoms with Gasteiger partial charge < -0.3 is 9.67 Å². The molecule has 3 aromatic heterocycles. The van der Waals surface area contributed by atoms with Crippen LogP contribution in [0.1, 0.15) is 10.4 Å². The number of aromatic nitrogens is 3. The molecule has 0 saturated carbocycles. The average Bonchev–Trinajstić information content (AvgIpc) is 3.09. The van der Waals surface area contributed by atoms with Crippen LogP contribution in [0.5, 0.6) is 0 Å². The van der Waals surface area contributed by atoms with Gasteiger partial charge in [0.1, 0.15) is 17.9 Å². The zero-order chi connectivity index (χ0) is 18.4. The number of aliphatic carboxylic acids is 1. The van der Waals surface area contributed by atoms with E-state index >= 15 is 0 Å². The molecule has 0 unspecified atom stereocenters. The summed E-state index contributed by atoms with van der Waals surface area (Å²) in [5, 5.41) is 13.7. The standard InChI is InChI=1S/C18H14FN3O3S/c1-10-6-14-17(26-10)13-7-20-22(9-15(23)24)18(25)16(13)21(14)8-11-2-4-12(19)5-3-11/h2-7H,8-9H2,1H3,(H,23,24). The predicted molar refractivity (Wildman–Crippen MR) is 97.3 cm³/mol. The number of carboxylic acids is 1. The van der Waals surface area contributed by atoms with Gasteiger partial charge in [0.2, 0.25) is 0 Å². The van der Waals surface area contributed by atoms with E-state index in [9.17, 15) is 14.0 Å². The Morgan fingerprint density at radius 3 is 2.73 bits per heavy atom. The Morgan fingerprint density at radius 2 is 2.04 bits per heavy atom. The molecular weight excluding hydrogens is 357 g/mol. The maximum absolute atomic E-state index is 13.2.